The highest BCUT2D eigenvalue weighted by Crippen LogP contribution is 2.23. The van der Waals surface area contributed by atoms with Crippen LogP contribution < -0.4 is 4.72 Å². The fraction of sp³-hybridized carbons (Fsp3) is 0.857. The summed E-state index contributed by atoms with van der Waals surface area (Å²) >= 11 is 1.28. The molecule has 16 heavy (non-hydrogen) atoms. The maximum Gasteiger partial charge on any atom is 0.322 e. The van der Waals surface area contributed by atoms with Crippen molar-refractivity contribution < 1.29 is 23.1 Å². The third kappa shape index (κ3) is 3.32. The Hall–Kier alpha value is -0.350. The molecule has 1 aliphatic rings. The first-order valence-electron chi connectivity index (χ1n) is 4.55. The third-order valence-electron chi connectivity index (χ3n) is 2.03. The Bertz CT molecular complexity index is 345. The van der Waals surface area contributed by atoms with Crippen LogP contribution in [-0.4, -0.2) is 61.7 Å². The fourth-order valence-electron chi connectivity index (χ4n) is 1.21. The van der Waals surface area contributed by atoms with Gasteiger partial charge in [0.15, 0.2) is 0 Å². The van der Waals surface area contributed by atoms with Gasteiger partial charge in [-0.3, -0.25) is 4.79 Å². The van der Waals surface area contributed by atoms with Crippen molar-refractivity contribution in [2.75, 3.05) is 31.9 Å². The first-order chi connectivity index (χ1) is 7.49. The van der Waals surface area contributed by atoms with Gasteiger partial charge in [0.25, 0.3) is 10.2 Å². The summed E-state index contributed by atoms with van der Waals surface area (Å²) in [7, 11) is -2.27. The molecule has 0 spiro atoms. The van der Waals surface area contributed by atoms with Crippen molar-refractivity contribution >= 4 is 27.9 Å². The minimum Gasteiger partial charge on any atom is -0.480 e. The molecule has 0 bridgehead atoms. The molecule has 0 aromatic rings. The van der Waals surface area contributed by atoms with Crippen molar-refractivity contribution in [1.29, 1.82) is 0 Å². The zero-order valence-electron chi connectivity index (χ0n) is 8.75. The molecule has 0 saturated carbocycles. The zero-order chi connectivity index (χ0) is 12.2. The number of methoxy groups -OCH3 is 1. The van der Waals surface area contributed by atoms with E-state index >= 15 is 0 Å². The highest BCUT2D eigenvalue weighted by atomic mass is 32.2. The lowest BCUT2D eigenvalue weighted by molar-refractivity contribution is -0.140. The molecule has 1 heterocycles. The molecule has 0 amide bonds. The van der Waals surface area contributed by atoms with E-state index in [-0.39, 0.29) is 24.8 Å². The molecular formula is C7H14N2O5S2. The monoisotopic (exact) mass is 270 g/mol. The molecule has 0 aromatic carbocycles. The van der Waals surface area contributed by atoms with E-state index in [1.165, 1.54) is 18.9 Å². The van der Waals surface area contributed by atoms with Crippen molar-refractivity contribution in [3.05, 3.63) is 0 Å². The quantitative estimate of drug-likeness (QED) is 0.596. The van der Waals surface area contributed by atoms with Crippen molar-refractivity contribution in [2.45, 2.75) is 6.04 Å². The lowest BCUT2D eigenvalue weighted by Gasteiger charge is -2.20. The largest absolute Gasteiger partial charge is 0.480 e. The van der Waals surface area contributed by atoms with Crippen molar-refractivity contribution in [2.24, 2.45) is 0 Å². The lowest BCUT2D eigenvalue weighted by atomic mass is 10.4. The maximum atomic E-state index is 11.7. The first kappa shape index (κ1) is 13.7. The molecule has 7 nitrogen and oxygen atoms in total. The number of carbonyl (C=O) groups is 1. The van der Waals surface area contributed by atoms with Crippen LogP contribution in [0.2, 0.25) is 0 Å². The van der Waals surface area contributed by atoms with Gasteiger partial charge in [-0.05, 0) is 0 Å². The fourth-order valence-corrected chi connectivity index (χ4v) is 4.11. The summed E-state index contributed by atoms with van der Waals surface area (Å²) in [6.45, 7) is 0.379. The SMILES string of the molecule is COCCNS(=O)(=O)N1CSCC1C(=O)O. The summed E-state index contributed by atoms with van der Waals surface area (Å²) in [5.74, 6) is -0.679. The Balaban J connectivity index is 2.63. The standard InChI is InChI=1S/C7H14N2O5S2/c1-14-3-2-8-16(12,13)9-5-15-4-6(9)7(10)11/h6,8H,2-5H2,1H3,(H,10,11). The van der Waals surface area contributed by atoms with Crippen LogP contribution >= 0.6 is 11.8 Å². The van der Waals surface area contributed by atoms with E-state index in [0.717, 1.165) is 4.31 Å². The van der Waals surface area contributed by atoms with E-state index in [9.17, 15) is 13.2 Å². The predicted molar refractivity (Wildman–Crippen MR) is 59.4 cm³/mol. The van der Waals surface area contributed by atoms with Gasteiger partial charge in [-0.1, -0.05) is 0 Å². The second-order valence-electron chi connectivity index (χ2n) is 3.13. The summed E-state index contributed by atoms with van der Waals surface area (Å²) in [4.78, 5) is 10.8. The van der Waals surface area contributed by atoms with Crippen molar-refractivity contribution in [1.82, 2.24) is 9.03 Å². The van der Waals surface area contributed by atoms with Crippen LogP contribution in [0.5, 0.6) is 0 Å². The summed E-state index contributed by atoms with van der Waals surface area (Å²) < 4.78 is 31.4. The first-order valence-corrected chi connectivity index (χ1v) is 7.14. The van der Waals surface area contributed by atoms with Crippen LogP contribution in [0.15, 0.2) is 0 Å². The molecular weight excluding hydrogens is 256 g/mol. The van der Waals surface area contributed by atoms with E-state index < -0.39 is 22.2 Å². The second-order valence-corrected chi connectivity index (χ2v) is 5.84. The molecule has 94 valence electrons. The summed E-state index contributed by atoms with van der Waals surface area (Å²) in [5.41, 5.74) is 0. The van der Waals surface area contributed by atoms with Crippen LogP contribution in [0.1, 0.15) is 0 Å². The predicted octanol–water partition coefficient (Wildman–Crippen LogP) is -1.07. The number of carboxylic acid groups (broad SMARTS) is 1. The van der Waals surface area contributed by atoms with E-state index in [1.54, 1.807) is 0 Å². The smallest absolute Gasteiger partial charge is 0.322 e. The number of hydrogen-bond acceptors (Lipinski definition) is 5. The van der Waals surface area contributed by atoms with Gasteiger partial charge in [-0.2, -0.15) is 17.4 Å². The average molecular weight is 270 g/mol. The Morgan fingerprint density at radius 1 is 1.69 bits per heavy atom. The molecule has 1 rings (SSSR count). The number of aliphatic carboxylic acids is 1. The van der Waals surface area contributed by atoms with Crippen LogP contribution in [0, 0.1) is 0 Å². The lowest BCUT2D eigenvalue weighted by Crippen LogP contribution is -2.47. The van der Waals surface area contributed by atoms with Crippen LogP contribution in [-0.2, 0) is 19.7 Å². The maximum absolute atomic E-state index is 11.7. The van der Waals surface area contributed by atoms with E-state index in [1.807, 2.05) is 0 Å². The Morgan fingerprint density at radius 2 is 2.38 bits per heavy atom. The summed E-state index contributed by atoms with van der Waals surface area (Å²) in [6.07, 6.45) is 0. The van der Waals surface area contributed by atoms with Crippen LogP contribution in [0.3, 0.4) is 0 Å². The minimum atomic E-state index is -3.72. The minimum absolute atomic E-state index is 0.131. The van der Waals surface area contributed by atoms with Gasteiger partial charge in [0.2, 0.25) is 0 Å². The zero-order valence-corrected chi connectivity index (χ0v) is 10.4. The number of nitrogens with zero attached hydrogens (tertiary/aromatic N) is 1. The van der Waals surface area contributed by atoms with Crippen LogP contribution in [0.4, 0.5) is 0 Å². The molecule has 1 saturated heterocycles. The molecule has 9 heteroatoms. The molecule has 1 aliphatic heterocycles. The van der Waals surface area contributed by atoms with E-state index in [2.05, 4.69) is 4.72 Å². The van der Waals surface area contributed by atoms with E-state index in [4.69, 9.17) is 9.84 Å². The molecule has 0 aliphatic carbocycles. The number of ether oxygens (including phenoxy) is 1. The topological polar surface area (TPSA) is 95.9 Å². The van der Waals surface area contributed by atoms with Gasteiger partial charge in [-0.15, -0.1) is 11.8 Å². The van der Waals surface area contributed by atoms with Gasteiger partial charge >= 0.3 is 5.97 Å². The summed E-state index contributed by atoms with van der Waals surface area (Å²) in [5, 5.41) is 8.85. The Labute approximate surface area is 98.3 Å². The molecule has 0 radical (unpaired) electrons. The van der Waals surface area contributed by atoms with Gasteiger partial charge < -0.3 is 9.84 Å². The number of hydrogen-bond donors (Lipinski definition) is 2. The normalized spacial score (nSPS) is 22.4. The number of rotatable bonds is 6. The highest BCUT2D eigenvalue weighted by Gasteiger charge is 2.38. The van der Waals surface area contributed by atoms with Gasteiger partial charge in [0, 0.05) is 19.4 Å². The highest BCUT2D eigenvalue weighted by molar-refractivity contribution is 8.00. The Kier molecular flexibility index (Phi) is 4.99. The molecule has 1 unspecified atom stereocenters. The van der Waals surface area contributed by atoms with E-state index in [0.29, 0.717) is 0 Å². The Morgan fingerprint density at radius 3 is 2.94 bits per heavy atom. The average Bonchev–Trinajstić information content (AvgIpc) is 2.66. The summed E-state index contributed by atoms with van der Waals surface area (Å²) in [6, 6.07) is -0.981. The van der Waals surface area contributed by atoms with Gasteiger partial charge in [0.05, 0.1) is 12.5 Å². The van der Waals surface area contributed by atoms with Crippen molar-refractivity contribution in [3.63, 3.8) is 0 Å². The van der Waals surface area contributed by atoms with Crippen molar-refractivity contribution in [3.8, 4) is 0 Å². The molecule has 1 atom stereocenters. The molecule has 0 aromatic heterocycles. The second kappa shape index (κ2) is 5.82. The number of nitrogens with one attached hydrogen (secondary N) is 1. The van der Waals surface area contributed by atoms with Crippen LogP contribution in [0.25, 0.3) is 0 Å². The number of thioether (sulfide) groups is 1. The molecule has 2 N–H and O–H groups in total. The third-order valence-corrected chi connectivity index (χ3v) is 4.77. The van der Waals surface area contributed by atoms with Gasteiger partial charge in [-0.25, -0.2) is 0 Å². The number of carboxylic acids is 1. The van der Waals surface area contributed by atoms with Gasteiger partial charge in [0.1, 0.15) is 6.04 Å². The molecule has 1 fully saturated rings.